The fourth-order valence-electron chi connectivity index (χ4n) is 4.41. The van der Waals surface area contributed by atoms with Crippen molar-refractivity contribution in [1.82, 2.24) is 9.55 Å². The number of nitro groups is 1. The van der Waals surface area contributed by atoms with Gasteiger partial charge in [-0.2, -0.15) is 0 Å². The molecule has 0 saturated carbocycles. The van der Waals surface area contributed by atoms with Gasteiger partial charge < -0.3 is 23.5 Å². The Morgan fingerprint density at radius 3 is 2.33 bits per heavy atom. The van der Waals surface area contributed by atoms with Crippen LogP contribution in [-0.2, 0) is 53.6 Å². The number of benzene rings is 1. The molecular formula is C24H26N3O15P. The maximum atomic E-state index is 13.3. The highest BCUT2D eigenvalue weighted by Crippen LogP contribution is 2.55. The number of rotatable bonds is 8. The molecule has 1 N–H and O–H groups in total. The van der Waals surface area contributed by atoms with E-state index in [-0.39, 0.29) is 29.2 Å². The number of hydrogen-bond donors (Lipinski definition) is 1. The first-order valence-corrected chi connectivity index (χ1v) is 14.0. The summed E-state index contributed by atoms with van der Waals surface area (Å²) in [4.78, 5) is 73.6. The van der Waals surface area contributed by atoms with Gasteiger partial charge in [-0.3, -0.25) is 47.9 Å². The number of fused-ring (bicyclic) bond motifs is 1. The molecule has 1 aromatic heterocycles. The number of esters is 3. The Labute approximate surface area is 241 Å². The number of carbonyl (C=O) groups excluding carboxylic acids is 3. The van der Waals surface area contributed by atoms with Crippen LogP contribution in [0.1, 0.15) is 38.1 Å². The van der Waals surface area contributed by atoms with Gasteiger partial charge in [-0.15, -0.1) is 0 Å². The molecule has 4 rings (SSSR count). The van der Waals surface area contributed by atoms with Gasteiger partial charge in [-0.1, -0.05) is 0 Å². The van der Waals surface area contributed by atoms with Crippen LogP contribution in [0.5, 0.6) is 5.75 Å². The van der Waals surface area contributed by atoms with Crippen molar-refractivity contribution in [2.75, 3.05) is 6.61 Å². The average molecular weight is 627 g/mol. The highest BCUT2D eigenvalue weighted by molar-refractivity contribution is 7.49. The number of aromatic nitrogens is 2. The second kappa shape index (κ2) is 12.5. The summed E-state index contributed by atoms with van der Waals surface area (Å²) < 4.78 is 52.3. The standard InChI is InChI=1S/C24H26N3O15P/c1-11-8-26(24(32)25-22(11)31)23-21(40-14(4)30)20(39-13(3)29)19(38-12(2)28)18(41-23)10-37-43(35)36-9-15-7-16(27(33)34)5-6-17(15)42-43/h5-8,18-21,23H,9-10H2,1-4H3,(H,25,31,32)/t18-,19+,20+,21-,23-,43?/m1/s1. The quantitative estimate of drug-likeness (QED) is 0.142. The number of ether oxygens (including phenoxy) is 4. The third-order valence-corrected chi connectivity index (χ3v) is 7.51. The monoisotopic (exact) mass is 627 g/mol. The van der Waals surface area contributed by atoms with Crippen molar-refractivity contribution in [3.05, 3.63) is 66.5 Å². The highest BCUT2D eigenvalue weighted by Gasteiger charge is 2.53. The summed E-state index contributed by atoms with van der Waals surface area (Å²) in [6, 6.07) is 3.52. The van der Waals surface area contributed by atoms with Crippen molar-refractivity contribution in [2.24, 2.45) is 0 Å². The minimum absolute atomic E-state index is 0.0119. The molecule has 19 heteroatoms. The Kier molecular flexibility index (Phi) is 9.15. The third kappa shape index (κ3) is 7.16. The molecule has 0 aliphatic carbocycles. The fourth-order valence-corrected chi connectivity index (χ4v) is 5.64. The molecule has 2 aliphatic rings. The van der Waals surface area contributed by atoms with Gasteiger partial charge in [0.1, 0.15) is 11.9 Å². The molecule has 232 valence electrons. The van der Waals surface area contributed by atoms with Crippen LogP contribution in [0, 0.1) is 17.0 Å². The van der Waals surface area contributed by atoms with E-state index >= 15 is 0 Å². The van der Waals surface area contributed by atoms with Gasteiger partial charge in [0.25, 0.3) is 11.2 Å². The van der Waals surface area contributed by atoms with Crippen LogP contribution in [0.25, 0.3) is 0 Å². The zero-order chi connectivity index (χ0) is 31.6. The van der Waals surface area contributed by atoms with Crippen LogP contribution in [0.15, 0.2) is 34.0 Å². The molecular weight excluding hydrogens is 601 g/mol. The Hall–Kier alpha value is -4.38. The number of phosphoric ester groups is 1. The molecule has 0 bridgehead atoms. The van der Waals surface area contributed by atoms with Crippen LogP contribution in [-0.4, -0.2) is 63.4 Å². The van der Waals surface area contributed by atoms with Crippen molar-refractivity contribution in [3.63, 3.8) is 0 Å². The fraction of sp³-hybridized carbons (Fsp3) is 0.458. The minimum atomic E-state index is -4.41. The summed E-state index contributed by atoms with van der Waals surface area (Å²) in [5, 5.41) is 11.1. The zero-order valence-electron chi connectivity index (χ0n) is 23.1. The van der Waals surface area contributed by atoms with Gasteiger partial charge in [-0.05, 0) is 13.0 Å². The van der Waals surface area contributed by atoms with Crippen molar-refractivity contribution < 1.29 is 56.4 Å². The van der Waals surface area contributed by atoms with E-state index in [0.29, 0.717) is 0 Å². The number of nitrogens with one attached hydrogen (secondary N) is 1. The van der Waals surface area contributed by atoms with E-state index in [9.17, 15) is 38.7 Å². The summed E-state index contributed by atoms with van der Waals surface area (Å²) in [5.41, 5.74) is -1.65. The maximum absolute atomic E-state index is 13.3. The normalized spacial score (nSPS) is 26.4. The molecule has 1 aromatic carbocycles. The maximum Gasteiger partial charge on any atom is 0.530 e. The average Bonchev–Trinajstić information content (AvgIpc) is 2.91. The number of aryl methyl sites for hydroxylation is 1. The number of phosphoric acid groups is 1. The molecule has 43 heavy (non-hydrogen) atoms. The van der Waals surface area contributed by atoms with E-state index in [1.54, 1.807) is 0 Å². The lowest BCUT2D eigenvalue weighted by atomic mass is 9.97. The smallest absolute Gasteiger partial charge is 0.456 e. The number of nitro benzene ring substituents is 1. The number of H-pyrrole nitrogens is 1. The molecule has 2 aromatic rings. The van der Waals surface area contributed by atoms with Gasteiger partial charge in [0.15, 0.2) is 24.5 Å². The lowest BCUT2D eigenvalue weighted by Crippen LogP contribution is -2.61. The largest absolute Gasteiger partial charge is 0.530 e. The van der Waals surface area contributed by atoms with Gasteiger partial charge in [0.05, 0.1) is 18.1 Å². The van der Waals surface area contributed by atoms with Gasteiger partial charge in [-0.25, -0.2) is 9.36 Å². The summed E-state index contributed by atoms with van der Waals surface area (Å²) in [6.45, 7) is 3.39. The summed E-state index contributed by atoms with van der Waals surface area (Å²) >= 11 is 0. The van der Waals surface area contributed by atoms with E-state index in [0.717, 1.165) is 37.6 Å². The molecule has 1 fully saturated rings. The molecule has 2 aliphatic heterocycles. The van der Waals surface area contributed by atoms with E-state index in [1.165, 1.54) is 19.1 Å². The zero-order valence-corrected chi connectivity index (χ0v) is 24.0. The van der Waals surface area contributed by atoms with E-state index in [4.69, 9.17) is 32.5 Å². The molecule has 0 spiro atoms. The third-order valence-electron chi connectivity index (χ3n) is 6.18. The molecule has 3 heterocycles. The van der Waals surface area contributed by atoms with Crippen LogP contribution in [0.3, 0.4) is 0 Å². The number of nitrogens with zero attached hydrogens (tertiary/aromatic N) is 2. The first-order valence-electron chi connectivity index (χ1n) is 12.5. The van der Waals surface area contributed by atoms with E-state index < -0.39 is 79.2 Å². The van der Waals surface area contributed by atoms with Crippen molar-refractivity contribution in [2.45, 2.75) is 64.9 Å². The van der Waals surface area contributed by atoms with Crippen LogP contribution < -0.4 is 15.8 Å². The second-order valence-electron chi connectivity index (χ2n) is 9.42. The molecule has 0 amide bonds. The van der Waals surface area contributed by atoms with Crippen LogP contribution >= 0.6 is 7.82 Å². The van der Waals surface area contributed by atoms with E-state index in [2.05, 4.69) is 4.98 Å². The van der Waals surface area contributed by atoms with Crippen molar-refractivity contribution in [3.8, 4) is 5.75 Å². The molecule has 1 saturated heterocycles. The lowest BCUT2D eigenvalue weighted by molar-refractivity contribution is -0.385. The SMILES string of the molecule is CC(=O)O[C@@H]1[C@@H](OC(C)=O)[C@H](n2cc(C)c(=O)[nH]c2=O)O[C@H](COP2(=O)OCc3cc([N+](=O)[O-])ccc3O2)[C@@H]1OC(C)=O. The molecule has 6 atom stereocenters. The predicted octanol–water partition coefficient (Wildman–Crippen LogP) is 1.18. The Bertz CT molecular complexity index is 1620. The summed E-state index contributed by atoms with van der Waals surface area (Å²) in [5.74, 6) is -2.65. The predicted molar refractivity (Wildman–Crippen MR) is 139 cm³/mol. The van der Waals surface area contributed by atoms with Gasteiger partial charge >= 0.3 is 31.4 Å². The first kappa shape index (κ1) is 31.6. The molecule has 18 nitrogen and oxygen atoms in total. The van der Waals surface area contributed by atoms with Crippen LogP contribution in [0.2, 0.25) is 0 Å². The van der Waals surface area contributed by atoms with Crippen molar-refractivity contribution >= 4 is 31.4 Å². The number of non-ortho nitro benzene ring substituents is 1. The van der Waals surface area contributed by atoms with Crippen molar-refractivity contribution in [1.29, 1.82) is 0 Å². The molecule has 0 radical (unpaired) electrons. The van der Waals surface area contributed by atoms with Crippen LogP contribution in [0.4, 0.5) is 5.69 Å². The minimum Gasteiger partial charge on any atom is -0.456 e. The van der Waals surface area contributed by atoms with Gasteiger partial charge in [0, 0.05) is 50.2 Å². The Morgan fingerprint density at radius 1 is 1.07 bits per heavy atom. The first-order chi connectivity index (χ1) is 20.2. The van der Waals surface area contributed by atoms with E-state index in [1.807, 2.05) is 0 Å². The number of hydrogen-bond acceptors (Lipinski definition) is 15. The number of aromatic amines is 1. The topological polar surface area (TPSA) is 231 Å². The lowest BCUT2D eigenvalue weighted by Gasteiger charge is -2.44. The Morgan fingerprint density at radius 2 is 1.70 bits per heavy atom. The summed E-state index contributed by atoms with van der Waals surface area (Å²) in [7, 11) is -4.41. The van der Waals surface area contributed by atoms with Gasteiger partial charge in [0.2, 0.25) is 0 Å². The summed E-state index contributed by atoms with van der Waals surface area (Å²) in [6.07, 6.45) is -6.68. The molecule has 1 unspecified atom stereocenters. The Balaban J connectivity index is 1.70. The number of carbonyl (C=O) groups is 3. The second-order valence-corrected chi connectivity index (χ2v) is 11.0. The highest BCUT2D eigenvalue weighted by atomic mass is 31.2.